The van der Waals surface area contributed by atoms with Crippen LogP contribution >= 0.6 is 0 Å². The minimum absolute atomic E-state index is 0.0458. The summed E-state index contributed by atoms with van der Waals surface area (Å²) in [5.41, 5.74) is 8.28. The molecule has 0 radical (unpaired) electrons. The van der Waals surface area contributed by atoms with E-state index in [1.807, 2.05) is 35.3 Å². The molecule has 2 aliphatic rings. The number of nitrogens with zero attached hydrogens (tertiary/aromatic N) is 3. The molecule has 0 atom stereocenters. The van der Waals surface area contributed by atoms with Gasteiger partial charge in [0.2, 0.25) is 11.9 Å². The quantitative estimate of drug-likeness (QED) is 0.670. The second-order valence-corrected chi connectivity index (χ2v) is 6.72. The summed E-state index contributed by atoms with van der Waals surface area (Å²) in [7, 11) is 0. The molecule has 26 heavy (non-hydrogen) atoms. The zero-order chi connectivity index (χ0) is 17.9. The van der Waals surface area contributed by atoms with Crippen LogP contribution in [0.4, 0.5) is 23.1 Å². The lowest BCUT2D eigenvalue weighted by Gasteiger charge is -2.29. The fourth-order valence-corrected chi connectivity index (χ4v) is 3.53. The van der Waals surface area contributed by atoms with Crippen LogP contribution in [0.3, 0.4) is 0 Å². The van der Waals surface area contributed by atoms with Crippen molar-refractivity contribution in [2.45, 2.75) is 44.7 Å². The molecule has 1 aliphatic heterocycles. The Hall–Kier alpha value is -2.87. The van der Waals surface area contributed by atoms with Crippen molar-refractivity contribution in [3.8, 4) is 0 Å². The van der Waals surface area contributed by atoms with Crippen molar-refractivity contribution < 1.29 is 4.79 Å². The Bertz CT molecular complexity index is 789. The Balaban J connectivity index is 1.41. The van der Waals surface area contributed by atoms with Crippen LogP contribution in [0.1, 0.15) is 32.6 Å². The zero-order valence-electron chi connectivity index (χ0n) is 14.7. The monoisotopic (exact) mass is 353 g/mol. The van der Waals surface area contributed by atoms with E-state index in [4.69, 9.17) is 0 Å². The molecule has 8 nitrogen and oxygen atoms in total. The molecule has 136 valence electrons. The van der Waals surface area contributed by atoms with Crippen LogP contribution in [0.15, 0.2) is 36.5 Å². The molecule has 0 spiro atoms. The third-order valence-electron chi connectivity index (χ3n) is 4.79. The topological polar surface area (TPSA) is 94.2 Å². The highest BCUT2D eigenvalue weighted by atomic mass is 16.1. The minimum atomic E-state index is 0.0458. The van der Waals surface area contributed by atoms with Crippen LogP contribution in [0.25, 0.3) is 0 Å². The number of rotatable bonds is 4. The number of carbonyl (C=O) groups excluding carboxylic acids is 1. The van der Waals surface area contributed by atoms with Gasteiger partial charge in [-0.1, -0.05) is 12.1 Å². The highest BCUT2D eigenvalue weighted by molar-refractivity contribution is 5.78. The van der Waals surface area contributed by atoms with E-state index in [1.165, 1.54) is 0 Å². The summed E-state index contributed by atoms with van der Waals surface area (Å²) in [5.74, 6) is 1.44. The molecule has 0 bridgehead atoms. The van der Waals surface area contributed by atoms with Gasteiger partial charge in [0, 0.05) is 31.3 Å². The first-order chi connectivity index (χ1) is 12.7. The molecule has 1 amide bonds. The summed E-state index contributed by atoms with van der Waals surface area (Å²) < 4.78 is 0. The van der Waals surface area contributed by atoms with E-state index in [0.29, 0.717) is 12.0 Å². The number of para-hydroxylation sites is 2. The van der Waals surface area contributed by atoms with Crippen molar-refractivity contribution in [1.82, 2.24) is 20.8 Å². The largest absolute Gasteiger partial charge is 0.354 e. The van der Waals surface area contributed by atoms with Crippen LogP contribution in [0.5, 0.6) is 0 Å². The van der Waals surface area contributed by atoms with E-state index in [2.05, 4.69) is 31.6 Å². The number of hydrogen-bond donors (Lipinski definition) is 4. The van der Waals surface area contributed by atoms with Crippen molar-refractivity contribution in [2.24, 2.45) is 0 Å². The van der Waals surface area contributed by atoms with Crippen molar-refractivity contribution in [3.05, 3.63) is 36.5 Å². The molecule has 0 unspecified atom stereocenters. The smallest absolute Gasteiger partial charge is 0.224 e. The van der Waals surface area contributed by atoms with Gasteiger partial charge in [-0.2, -0.15) is 4.98 Å². The number of aromatic nitrogens is 2. The molecule has 1 saturated carbocycles. The van der Waals surface area contributed by atoms with Crippen LogP contribution in [0.2, 0.25) is 0 Å². The molecule has 0 saturated heterocycles. The Morgan fingerprint density at radius 2 is 1.92 bits per heavy atom. The van der Waals surface area contributed by atoms with Gasteiger partial charge in [0.05, 0.1) is 11.4 Å². The third kappa shape index (κ3) is 3.55. The van der Waals surface area contributed by atoms with E-state index >= 15 is 0 Å². The molecule has 4 rings (SSSR count). The summed E-state index contributed by atoms with van der Waals surface area (Å²) in [6.45, 7) is 1.57. The number of carbonyl (C=O) groups is 1. The van der Waals surface area contributed by atoms with Gasteiger partial charge in [0.25, 0.3) is 0 Å². The fourth-order valence-electron chi connectivity index (χ4n) is 3.53. The summed E-state index contributed by atoms with van der Waals surface area (Å²) in [6, 6.07) is 10.5. The number of amides is 1. The van der Waals surface area contributed by atoms with Gasteiger partial charge in [-0.3, -0.25) is 4.79 Å². The lowest BCUT2D eigenvalue weighted by Crippen LogP contribution is -2.39. The predicted molar refractivity (Wildman–Crippen MR) is 101 cm³/mol. The van der Waals surface area contributed by atoms with Crippen molar-refractivity contribution in [1.29, 1.82) is 0 Å². The van der Waals surface area contributed by atoms with E-state index < -0.39 is 0 Å². The predicted octanol–water partition coefficient (Wildman–Crippen LogP) is 2.32. The van der Waals surface area contributed by atoms with Crippen molar-refractivity contribution in [3.63, 3.8) is 0 Å². The Morgan fingerprint density at radius 3 is 2.73 bits per heavy atom. The average Bonchev–Trinajstić information content (AvgIpc) is 3.07. The molecule has 2 heterocycles. The standard InChI is InChI=1S/C18H23N7O/c1-12(26)20-13-6-8-14(9-7-13)21-18-19-11-10-17(22-18)25-16-5-3-2-4-15(16)23-24-25/h2-5,10-11,13-14,23-24H,6-9H2,1H3,(H,20,26)(H,19,21,22). The van der Waals surface area contributed by atoms with Crippen LogP contribution in [-0.4, -0.2) is 28.0 Å². The minimum Gasteiger partial charge on any atom is -0.354 e. The molecule has 8 heteroatoms. The Kier molecular flexibility index (Phi) is 4.57. The summed E-state index contributed by atoms with van der Waals surface area (Å²) in [5, 5.41) is 8.33. The first kappa shape index (κ1) is 16.6. The van der Waals surface area contributed by atoms with Crippen molar-refractivity contribution in [2.75, 3.05) is 15.8 Å². The maximum absolute atomic E-state index is 11.2. The molecule has 1 aromatic carbocycles. The van der Waals surface area contributed by atoms with Crippen LogP contribution in [0, 0.1) is 0 Å². The van der Waals surface area contributed by atoms with E-state index in [-0.39, 0.29) is 11.9 Å². The maximum atomic E-state index is 11.2. The van der Waals surface area contributed by atoms with E-state index in [9.17, 15) is 4.79 Å². The van der Waals surface area contributed by atoms with Crippen LogP contribution < -0.4 is 26.6 Å². The van der Waals surface area contributed by atoms with Crippen molar-refractivity contribution >= 4 is 29.0 Å². The first-order valence-electron chi connectivity index (χ1n) is 8.96. The number of hydrogen-bond acceptors (Lipinski definition) is 7. The first-order valence-corrected chi connectivity index (χ1v) is 8.96. The van der Waals surface area contributed by atoms with Gasteiger partial charge in [-0.25, -0.2) is 9.99 Å². The molecule has 1 fully saturated rings. The average molecular weight is 353 g/mol. The van der Waals surface area contributed by atoms with Gasteiger partial charge in [-0.15, -0.1) is 5.53 Å². The molecule has 2 aromatic rings. The number of nitrogens with one attached hydrogen (secondary N) is 4. The highest BCUT2D eigenvalue weighted by Crippen LogP contribution is 2.33. The van der Waals surface area contributed by atoms with Crippen LogP contribution in [-0.2, 0) is 4.79 Å². The second-order valence-electron chi connectivity index (χ2n) is 6.72. The van der Waals surface area contributed by atoms with Gasteiger partial charge in [-0.05, 0) is 37.8 Å². The summed E-state index contributed by atoms with van der Waals surface area (Å²) in [4.78, 5) is 20.2. The van der Waals surface area contributed by atoms with Gasteiger partial charge in [0.15, 0.2) is 5.82 Å². The summed E-state index contributed by atoms with van der Waals surface area (Å²) in [6.07, 6.45) is 5.69. The normalized spacial score (nSPS) is 21.7. The zero-order valence-corrected chi connectivity index (χ0v) is 14.7. The Morgan fingerprint density at radius 1 is 1.15 bits per heavy atom. The van der Waals surface area contributed by atoms with Gasteiger partial charge in [0.1, 0.15) is 0 Å². The summed E-state index contributed by atoms with van der Waals surface area (Å²) >= 11 is 0. The fraction of sp³-hybridized carbons (Fsp3) is 0.389. The third-order valence-corrected chi connectivity index (χ3v) is 4.79. The van der Waals surface area contributed by atoms with Gasteiger partial charge >= 0.3 is 0 Å². The SMILES string of the molecule is CC(=O)NC1CCC(Nc2nccc(N3NNc4ccccc43)n2)CC1. The number of benzene rings is 1. The molecule has 1 aliphatic carbocycles. The van der Waals surface area contributed by atoms with E-state index in [1.54, 1.807) is 13.1 Å². The lowest BCUT2D eigenvalue weighted by atomic mass is 9.91. The molecule has 4 N–H and O–H groups in total. The number of anilines is 4. The van der Waals surface area contributed by atoms with Gasteiger partial charge < -0.3 is 16.1 Å². The molecular weight excluding hydrogens is 330 g/mol. The molecular formula is C18H23N7O. The number of hydrazine groups is 2. The maximum Gasteiger partial charge on any atom is 0.224 e. The lowest BCUT2D eigenvalue weighted by molar-refractivity contribution is -0.119. The highest BCUT2D eigenvalue weighted by Gasteiger charge is 2.23. The molecule has 1 aromatic heterocycles. The second kappa shape index (κ2) is 7.17. The number of fused-ring (bicyclic) bond motifs is 1. The van der Waals surface area contributed by atoms with E-state index in [0.717, 1.165) is 42.9 Å². The Labute approximate surface area is 152 Å².